The van der Waals surface area contributed by atoms with E-state index in [2.05, 4.69) is 16.9 Å². The molecule has 27 heavy (non-hydrogen) atoms. The van der Waals surface area contributed by atoms with Gasteiger partial charge in [0, 0.05) is 43.4 Å². The molecule has 144 valence electrons. The van der Waals surface area contributed by atoms with Crippen LogP contribution in [0.2, 0.25) is 0 Å². The Morgan fingerprint density at radius 3 is 2.78 bits per heavy atom. The minimum Gasteiger partial charge on any atom is -0.381 e. The second kappa shape index (κ2) is 6.64. The van der Waals surface area contributed by atoms with E-state index < -0.39 is 0 Å². The first-order chi connectivity index (χ1) is 13.1. The Kier molecular flexibility index (Phi) is 4.25. The summed E-state index contributed by atoms with van der Waals surface area (Å²) in [5.41, 5.74) is 1.97. The minimum absolute atomic E-state index is 0.146. The van der Waals surface area contributed by atoms with E-state index in [9.17, 15) is 4.79 Å². The molecule has 1 aromatic heterocycles. The highest BCUT2D eigenvalue weighted by molar-refractivity contribution is 6.07. The number of H-pyrrole nitrogens is 1. The van der Waals surface area contributed by atoms with Crippen molar-refractivity contribution >= 4 is 16.8 Å². The van der Waals surface area contributed by atoms with Crippen molar-refractivity contribution < 1.29 is 9.53 Å². The van der Waals surface area contributed by atoms with E-state index in [1.807, 2.05) is 35.4 Å². The van der Waals surface area contributed by atoms with Crippen molar-refractivity contribution in [3.8, 4) is 0 Å². The molecule has 1 spiro atoms. The Balaban J connectivity index is 1.22. The van der Waals surface area contributed by atoms with Gasteiger partial charge in [0.1, 0.15) is 0 Å². The Morgan fingerprint density at radius 1 is 1.19 bits per heavy atom. The molecule has 1 aromatic carbocycles. The Morgan fingerprint density at radius 2 is 1.96 bits per heavy atom. The molecule has 3 fully saturated rings. The molecule has 3 aliphatic rings. The maximum Gasteiger partial charge on any atom is 0.256 e. The van der Waals surface area contributed by atoms with Crippen molar-refractivity contribution in [1.29, 1.82) is 0 Å². The van der Waals surface area contributed by atoms with Gasteiger partial charge in [-0.1, -0.05) is 18.2 Å². The number of rotatable bonds is 5. The van der Waals surface area contributed by atoms with Gasteiger partial charge in [-0.25, -0.2) is 0 Å². The molecule has 1 N–H and O–H groups in total. The molecule has 2 saturated heterocycles. The van der Waals surface area contributed by atoms with Crippen LogP contribution in [-0.2, 0) is 4.74 Å². The number of ether oxygens (including phenoxy) is 1. The molecular formula is C22H29N3O2. The zero-order chi connectivity index (χ0) is 18.4. The average molecular weight is 367 g/mol. The van der Waals surface area contributed by atoms with Gasteiger partial charge >= 0.3 is 0 Å². The number of hydrogen-bond donors (Lipinski definition) is 1. The van der Waals surface area contributed by atoms with Gasteiger partial charge in [-0.3, -0.25) is 9.69 Å². The van der Waals surface area contributed by atoms with Crippen molar-refractivity contribution in [2.45, 2.75) is 31.2 Å². The highest BCUT2D eigenvalue weighted by Crippen LogP contribution is 2.39. The van der Waals surface area contributed by atoms with Crippen molar-refractivity contribution in [2.75, 3.05) is 39.9 Å². The molecule has 5 rings (SSSR count). The van der Waals surface area contributed by atoms with Gasteiger partial charge in [-0.05, 0) is 57.2 Å². The lowest BCUT2D eigenvalue weighted by Crippen LogP contribution is -2.72. The molecule has 0 bridgehead atoms. The number of amides is 1. The van der Waals surface area contributed by atoms with Crippen LogP contribution in [0.25, 0.3) is 10.9 Å². The second-order valence-corrected chi connectivity index (χ2v) is 8.89. The van der Waals surface area contributed by atoms with Crippen LogP contribution in [0.5, 0.6) is 0 Å². The molecule has 1 saturated carbocycles. The van der Waals surface area contributed by atoms with Crippen LogP contribution in [0.3, 0.4) is 0 Å². The van der Waals surface area contributed by atoms with Crippen LogP contribution in [-0.4, -0.2) is 66.1 Å². The number of para-hydroxylation sites is 1. The highest BCUT2D eigenvalue weighted by atomic mass is 16.5. The molecule has 2 aliphatic heterocycles. The summed E-state index contributed by atoms with van der Waals surface area (Å²) in [6.07, 6.45) is 6.91. The summed E-state index contributed by atoms with van der Waals surface area (Å²) in [5.74, 6) is 1.61. The summed E-state index contributed by atoms with van der Waals surface area (Å²) >= 11 is 0. The van der Waals surface area contributed by atoms with Gasteiger partial charge in [-0.2, -0.15) is 0 Å². The van der Waals surface area contributed by atoms with Gasteiger partial charge in [0.25, 0.3) is 5.91 Å². The molecular weight excluding hydrogens is 338 g/mol. The number of aromatic nitrogens is 1. The van der Waals surface area contributed by atoms with Crippen molar-refractivity contribution in [1.82, 2.24) is 14.8 Å². The van der Waals surface area contributed by atoms with Crippen molar-refractivity contribution in [3.05, 3.63) is 36.0 Å². The number of likely N-dealkylation sites (N-methyl/N-ethyl adjacent to an activating group) is 1. The number of aromatic amines is 1. The van der Waals surface area contributed by atoms with Crippen LogP contribution in [0, 0.1) is 11.8 Å². The highest BCUT2D eigenvalue weighted by Gasteiger charge is 2.51. The Labute approximate surface area is 160 Å². The zero-order valence-corrected chi connectivity index (χ0v) is 16.1. The standard InChI is InChI=1S/C22H29N3O2/c1-24-9-8-17(13-27-12-16-6-7-16)10-22(24)14-25(15-22)21(26)19-11-23-20-5-3-2-4-18(19)20/h2-5,11,16-17,23H,6-10,12-15H2,1H3/t17-/m0/s1. The van der Waals surface area contributed by atoms with Gasteiger partial charge in [0.05, 0.1) is 11.1 Å². The molecule has 5 nitrogen and oxygen atoms in total. The Bertz CT molecular complexity index is 835. The van der Waals surface area contributed by atoms with E-state index in [0.29, 0.717) is 5.92 Å². The predicted molar refractivity (Wildman–Crippen MR) is 106 cm³/mol. The monoisotopic (exact) mass is 367 g/mol. The normalized spacial score (nSPS) is 25.1. The lowest BCUT2D eigenvalue weighted by Gasteiger charge is -2.58. The van der Waals surface area contributed by atoms with Crippen LogP contribution in [0.4, 0.5) is 0 Å². The maximum absolute atomic E-state index is 13.0. The molecule has 1 atom stereocenters. The lowest BCUT2D eigenvalue weighted by atomic mass is 9.75. The molecule has 2 aromatic rings. The van der Waals surface area contributed by atoms with E-state index in [1.165, 1.54) is 19.3 Å². The van der Waals surface area contributed by atoms with Crippen LogP contribution in [0.15, 0.2) is 30.5 Å². The summed E-state index contributed by atoms with van der Waals surface area (Å²) in [7, 11) is 2.22. The zero-order valence-electron chi connectivity index (χ0n) is 16.1. The van der Waals surface area contributed by atoms with Crippen LogP contribution < -0.4 is 0 Å². The first kappa shape index (κ1) is 17.3. The summed E-state index contributed by atoms with van der Waals surface area (Å²) < 4.78 is 5.97. The molecule has 3 heterocycles. The Hall–Kier alpha value is -1.85. The number of hydrogen-bond acceptors (Lipinski definition) is 3. The van der Waals surface area contributed by atoms with E-state index in [-0.39, 0.29) is 11.4 Å². The maximum atomic E-state index is 13.0. The fourth-order valence-electron chi connectivity index (χ4n) is 4.83. The largest absolute Gasteiger partial charge is 0.381 e. The molecule has 1 amide bonds. The summed E-state index contributed by atoms with van der Waals surface area (Å²) in [4.78, 5) is 20.7. The molecule has 1 aliphatic carbocycles. The summed E-state index contributed by atoms with van der Waals surface area (Å²) in [6, 6.07) is 8.03. The third kappa shape index (κ3) is 3.17. The first-order valence-corrected chi connectivity index (χ1v) is 10.3. The third-order valence-corrected chi connectivity index (χ3v) is 6.83. The van der Waals surface area contributed by atoms with E-state index in [4.69, 9.17) is 4.74 Å². The first-order valence-electron chi connectivity index (χ1n) is 10.3. The quantitative estimate of drug-likeness (QED) is 0.883. The van der Waals surface area contributed by atoms with E-state index in [1.54, 1.807) is 0 Å². The van der Waals surface area contributed by atoms with Gasteiger partial charge in [-0.15, -0.1) is 0 Å². The summed E-state index contributed by atoms with van der Waals surface area (Å²) in [5, 5.41) is 1.02. The minimum atomic E-state index is 0.146. The number of nitrogens with one attached hydrogen (secondary N) is 1. The lowest BCUT2D eigenvalue weighted by molar-refractivity contribution is -0.0761. The number of fused-ring (bicyclic) bond motifs is 1. The number of carbonyl (C=O) groups excluding carboxylic acids is 1. The fourth-order valence-corrected chi connectivity index (χ4v) is 4.83. The smallest absolute Gasteiger partial charge is 0.256 e. The van der Waals surface area contributed by atoms with Crippen LogP contribution >= 0.6 is 0 Å². The van der Waals surface area contributed by atoms with Crippen LogP contribution in [0.1, 0.15) is 36.0 Å². The fraction of sp³-hybridized carbons (Fsp3) is 0.591. The number of likely N-dealkylation sites (tertiary alicyclic amines) is 2. The summed E-state index contributed by atoms with van der Waals surface area (Å²) in [6.45, 7) is 4.61. The van der Waals surface area contributed by atoms with Crippen molar-refractivity contribution in [3.63, 3.8) is 0 Å². The van der Waals surface area contributed by atoms with Crippen molar-refractivity contribution in [2.24, 2.45) is 11.8 Å². The molecule has 5 heteroatoms. The second-order valence-electron chi connectivity index (χ2n) is 8.89. The van der Waals surface area contributed by atoms with Gasteiger partial charge in [0.2, 0.25) is 0 Å². The third-order valence-electron chi connectivity index (χ3n) is 6.83. The topological polar surface area (TPSA) is 48.6 Å². The molecule has 0 radical (unpaired) electrons. The van der Waals surface area contributed by atoms with Gasteiger partial charge < -0.3 is 14.6 Å². The number of carbonyl (C=O) groups is 1. The SMILES string of the molecule is CN1CC[C@H](COCC2CC2)CC12CN(C(=O)c1c[nH]c3ccccc13)C2. The average Bonchev–Trinajstić information content (AvgIpc) is 3.37. The number of piperidine rings is 1. The van der Waals surface area contributed by atoms with E-state index in [0.717, 1.165) is 61.7 Å². The van der Waals surface area contributed by atoms with E-state index >= 15 is 0 Å². The molecule has 0 unspecified atom stereocenters. The number of benzene rings is 1. The van der Waals surface area contributed by atoms with Gasteiger partial charge in [0.15, 0.2) is 0 Å². The number of nitrogens with zero attached hydrogens (tertiary/aromatic N) is 2. The predicted octanol–water partition coefficient (Wildman–Crippen LogP) is 3.13.